The average molecular weight is 687 g/mol. The van der Waals surface area contributed by atoms with Crippen molar-refractivity contribution in [3.05, 3.63) is 182 Å². The molecule has 0 fully saturated rings. The van der Waals surface area contributed by atoms with Gasteiger partial charge in [-0.2, -0.15) is 0 Å². The van der Waals surface area contributed by atoms with E-state index >= 15 is 0 Å². The van der Waals surface area contributed by atoms with E-state index in [1.807, 2.05) is 30.5 Å². The fourth-order valence-corrected chi connectivity index (χ4v) is 8.06. The first-order valence-electron chi connectivity index (χ1n) is 18.2. The predicted molar refractivity (Wildman–Crippen MR) is 224 cm³/mol. The maximum absolute atomic E-state index is 5.31. The van der Waals surface area contributed by atoms with E-state index in [0.717, 1.165) is 110 Å². The van der Waals surface area contributed by atoms with E-state index in [2.05, 4.69) is 152 Å². The fourth-order valence-electron chi connectivity index (χ4n) is 8.06. The van der Waals surface area contributed by atoms with Crippen LogP contribution in [0.5, 0.6) is 0 Å². The Morgan fingerprint density at radius 3 is 1.39 bits per heavy atom. The molecule has 11 aromatic rings. The van der Waals surface area contributed by atoms with Gasteiger partial charge in [0.05, 0.1) is 39.1 Å². The first-order chi connectivity index (χ1) is 26.7. The minimum Gasteiger partial charge on any atom is -0.254 e. The Bertz CT molecular complexity index is 3220. The molecule has 0 unspecified atom stereocenters. The minimum absolute atomic E-state index is 0.913. The maximum Gasteiger partial charge on any atom is 0.0972 e. The van der Waals surface area contributed by atoms with Gasteiger partial charge in [0.15, 0.2) is 0 Å². The molecule has 0 bridgehead atoms. The zero-order valence-corrected chi connectivity index (χ0v) is 29.1. The van der Waals surface area contributed by atoms with Crippen LogP contribution in [0.4, 0.5) is 0 Å². The van der Waals surface area contributed by atoms with Crippen LogP contribution in [0.3, 0.4) is 0 Å². The number of hydrogen-bond donors (Lipinski definition) is 0. The first-order valence-corrected chi connectivity index (χ1v) is 18.2. The molecule has 0 N–H and O–H groups in total. The van der Waals surface area contributed by atoms with Crippen LogP contribution in [0.1, 0.15) is 0 Å². The van der Waals surface area contributed by atoms with Crippen LogP contribution < -0.4 is 0 Å². The van der Waals surface area contributed by atoms with Crippen LogP contribution in [0.25, 0.3) is 110 Å². The standard InChI is InChI=1S/C50H30N4/c1-2-9-31(10-3-1)42-25-21-36-29-34(19-23-43(36)52-42)35-20-24-44-37(30-35)22-27-45(53-44)47-38-12-4-6-14-40(38)48(41-15-7-5-13-39(41)47)46-26-18-33-17-16-32-11-8-28-51-49(32)50(33)54-46/h1-30H. The Labute approximate surface area is 311 Å². The Hall–Kier alpha value is -7.30. The molecule has 4 nitrogen and oxygen atoms in total. The van der Waals surface area contributed by atoms with Crippen molar-refractivity contribution in [3.63, 3.8) is 0 Å². The van der Waals surface area contributed by atoms with Crippen molar-refractivity contribution in [1.29, 1.82) is 0 Å². The fraction of sp³-hybridized carbons (Fsp3) is 0. The van der Waals surface area contributed by atoms with Gasteiger partial charge >= 0.3 is 0 Å². The van der Waals surface area contributed by atoms with Crippen molar-refractivity contribution in [3.8, 4) is 44.9 Å². The maximum atomic E-state index is 5.31. The van der Waals surface area contributed by atoms with E-state index in [1.165, 1.54) is 0 Å². The average Bonchev–Trinajstić information content (AvgIpc) is 3.25. The van der Waals surface area contributed by atoms with Gasteiger partial charge < -0.3 is 0 Å². The third kappa shape index (κ3) is 4.92. The van der Waals surface area contributed by atoms with Crippen molar-refractivity contribution < 1.29 is 0 Å². The van der Waals surface area contributed by atoms with E-state index in [4.69, 9.17) is 19.9 Å². The molecule has 0 aliphatic rings. The lowest BCUT2D eigenvalue weighted by Gasteiger charge is -2.17. The van der Waals surface area contributed by atoms with Crippen molar-refractivity contribution in [2.75, 3.05) is 0 Å². The molecule has 0 spiro atoms. The molecule has 4 heteroatoms. The first kappa shape index (κ1) is 30.3. The van der Waals surface area contributed by atoms with Gasteiger partial charge in [-0.25, -0.2) is 15.0 Å². The molecule has 54 heavy (non-hydrogen) atoms. The zero-order valence-electron chi connectivity index (χ0n) is 29.1. The number of benzene rings is 7. The third-order valence-electron chi connectivity index (χ3n) is 10.7. The summed E-state index contributed by atoms with van der Waals surface area (Å²) in [6.45, 7) is 0. The van der Waals surface area contributed by atoms with Crippen LogP contribution in [0.2, 0.25) is 0 Å². The molecule has 0 aliphatic carbocycles. The van der Waals surface area contributed by atoms with Crippen LogP contribution >= 0.6 is 0 Å². The summed E-state index contributed by atoms with van der Waals surface area (Å²) in [7, 11) is 0. The van der Waals surface area contributed by atoms with Crippen molar-refractivity contribution in [2.24, 2.45) is 0 Å². The summed E-state index contributed by atoms with van der Waals surface area (Å²) in [5, 5.41) is 8.96. The Kier molecular flexibility index (Phi) is 6.82. The topological polar surface area (TPSA) is 51.6 Å². The molecule has 0 atom stereocenters. The number of aromatic nitrogens is 4. The Morgan fingerprint density at radius 2 is 0.778 bits per heavy atom. The number of nitrogens with zero attached hydrogens (tertiary/aromatic N) is 4. The molecule has 250 valence electrons. The summed E-state index contributed by atoms with van der Waals surface area (Å²) in [5.41, 5.74) is 12.3. The molecule has 0 saturated carbocycles. The Morgan fingerprint density at radius 1 is 0.296 bits per heavy atom. The van der Waals surface area contributed by atoms with Gasteiger partial charge in [-0.05, 0) is 81.2 Å². The number of pyridine rings is 4. The van der Waals surface area contributed by atoms with E-state index in [-0.39, 0.29) is 0 Å². The highest BCUT2D eigenvalue weighted by Crippen LogP contribution is 2.43. The molecule has 0 saturated heterocycles. The molecular formula is C50H30N4. The zero-order chi connectivity index (χ0) is 35.6. The van der Waals surface area contributed by atoms with Crippen LogP contribution in [-0.4, -0.2) is 19.9 Å². The van der Waals surface area contributed by atoms with E-state index in [9.17, 15) is 0 Å². The Balaban J connectivity index is 1.03. The predicted octanol–water partition coefficient (Wildman–Crippen LogP) is 12.9. The van der Waals surface area contributed by atoms with E-state index < -0.39 is 0 Å². The summed E-state index contributed by atoms with van der Waals surface area (Å²) in [6, 6.07) is 62.0. The van der Waals surface area contributed by atoms with Gasteiger partial charge in [0.2, 0.25) is 0 Å². The van der Waals surface area contributed by atoms with E-state index in [1.54, 1.807) is 0 Å². The normalized spacial score (nSPS) is 11.7. The van der Waals surface area contributed by atoms with Crippen LogP contribution in [0.15, 0.2) is 182 Å². The van der Waals surface area contributed by atoms with Gasteiger partial charge in [0.1, 0.15) is 0 Å². The lowest BCUT2D eigenvalue weighted by atomic mass is 9.88. The highest BCUT2D eigenvalue weighted by Gasteiger charge is 2.19. The smallest absolute Gasteiger partial charge is 0.0972 e. The van der Waals surface area contributed by atoms with E-state index in [0.29, 0.717) is 0 Å². The largest absolute Gasteiger partial charge is 0.254 e. The van der Waals surface area contributed by atoms with Crippen molar-refractivity contribution >= 4 is 65.2 Å². The minimum atomic E-state index is 0.913. The molecule has 0 amide bonds. The summed E-state index contributed by atoms with van der Waals surface area (Å²) < 4.78 is 0. The summed E-state index contributed by atoms with van der Waals surface area (Å²) in [6.07, 6.45) is 1.84. The van der Waals surface area contributed by atoms with Gasteiger partial charge in [-0.3, -0.25) is 4.98 Å². The SMILES string of the molecule is c1ccc(-c2ccc3cc(-c4ccc5nc(-c6c7ccccc7c(-c7ccc8ccc9cccnc9c8n7)c7ccccc67)ccc5c4)ccc3n2)cc1. The summed E-state index contributed by atoms with van der Waals surface area (Å²) in [5.74, 6) is 0. The van der Waals surface area contributed by atoms with Crippen LogP contribution in [0, 0.1) is 0 Å². The van der Waals surface area contributed by atoms with Crippen molar-refractivity contribution in [2.45, 2.75) is 0 Å². The van der Waals surface area contributed by atoms with Gasteiger partial charge in [0.25, 0.3) is 0 Å². The molecule has 4 aromatic heterocycles. The quantitative estimate of drug-likeness (QED) is 0.137. The second kappa shape index (κ2) is 12.1. The second-order valence-electron chi connectivity index (χ2n) is 13.8. The number of rotatable bonds is 4. The molecule has 0 radical (unpaired) electrons. The summed E-state index contributed by atoms with van der Waals surface area (Å²) >= 11 is 0. The molecule has 4 heterocycles. The number of hydrogen-bond acceptors (Lipinski definition) is 4. The highest BCUT2D eigenvalue weighted by molar-refractivity contribution is 6.21. The highest BCUT2D eigenvalue weighted by atomic mass is 14.8. The monoisotopic (exact) mass is 686 g/mol. The summed E-state index contributed by atoms with van der Waals surface area (Å²) in [4.78, 5) is 20.3. The van der Waals surface area contributed by atoms with Gasteiger partial charge in [0, 0.05) is 44.4 Å². The lowest BCUT2D eigenvalue weighted by Crippen LogP contribution is -1.95. The molecular weight excluding hydrogens is 657 g/mol. The lowest BCUT2D eigenvalue weighted by molar-refractivity contribution is 1.38. The van der Waals surface area contributed by atoms with Gasteiger partial charge in [-0.1, -0.05) is 127 Å². The number of fused-ring (bicyclic) bond motifs is 7. The molecule has 11 rings (SSSR count). The van der Waals surface area contributed by atoms with Crippen molar-refractivity contribution in [1.82, 2.24) is 19.9 Å². The molecule has 0 aliphatic heterocycles. The van der Waals surface area contributed by atoms with Gasteiger partial charge in [-0.15, -0.1) is 0 Å². The second-order valence-corrected chi connectivity index (χ2v) is 13.8. The van der Waals surface area contributed by atoms with Crippen LogP contribution in [-0.2, 0) is 0 Å². The molecule has 7 aromatic carbocycles. The third-order valence-corrected chi connectivity index (χ3v) is 10.7.